The van der Waals surface area contributed by atoms with Gasteiger partial charge in [0.1, 0.15) is 17.3 Å². The fraction of sp³-hybridized carbons (Fsp3) is 0.312. The summed E-state index contributed by atoms with van der Waals surface area (Å²) in [7, 11) is 1.89. The second-order valence-electron chi connectivity index (χ2n) is 5.56. The maximum atomic E-state index is 14.3. The van der Waals surface area contributed by atoms with Crippen LogP contribution in [0.5, 0.6) is 5.75 Å². The van der Waals surface area contributed by atoms with E-state index in [0.717, 1.165) is 20.2 Å². The summed E-state index contributed by atoms with van der Waals surface area (Å²) in [5.41, 5.74) is -5.05. The van der Waals surface area contributed by atoms with Crippen molar-refractivity contribution in [2.75, 3.05) is 7.11 Å². The van der Waals surface area contributed by atoms with Crippen molar-refractivity contribution in [2.45, 2.75) is 19.2 Å². The molecule has 0 N–H and O–H groups in total. The van der Waals surface area contributed by atoms with Crippen LogP contribution in [0.4, 0.5) is 17.6 Å². The van der Waals surface area contributed by atoms with Crippen molar-refractivity contribution < 1.29 is 31.8 Å². The molecule has 1 heterocycles. The van der Waals surface area contributed by atoms with Crippen LogP contribution in [0, 0.1) is 5.82 Å². The monoisotopic (exact) mass is 424 g/mol. The predicted molar refractivity (Wildman–Crippen MR) is 89.4 cm³/mol. The normalized spacial score (nSPS) is 12.6. The van der Waals surface area contributed by atoms with E-state index in [4.69, 9.17) is 16.3 Å². The van der Waals surface area contributed by atoms with E-state index < -0.39 is 46.7 Å². The van der Waals surface area contributed by atoms with Crippen LogP contribution in [-0.2, 0) is 22.8 Å². The van der Waals surface area contributed by atoms with Gasteiger partial charge in [-0.1, -0.05) is 11.6 Å². The largest absolute Gasteiger partial charge is 0.477 e. The first-order valence-electron chi connectivity index (χ1n) is 7.52. The van der Waals surface area contributed by atoms with Crippen LogP contribution in [0.15, 0.2) is 27.8 Å². The molecule has 2 aromatic rings. The third-order valence-corrected chi connectivity index (χ3v) is 3.99. The van der Waals surface area contributed by atoms with Gasteiger partial charge in [0.2, 0.25) is 0 Å². The van der Waals surface area contributed by atoms with Crippen molar-refractivity contribution in [1.29, 1.82) is 0 Å². The molecule has 1 aromatic heterocycles. The molecule has 0 amide bonds. The number of methoxy groups -OCH3 is 1. The van der Waals surface area contributed by atoms with E-state index in [1.807, 2.05) is 0 Å². The average Bonchev–Trinajstić information content (AvgIpc) is 2.59. The summed E-state index contributed by atoms with van der Waals surface area (Å²) in [5, 5.41) is -0.297. The second kappa shape index (κ2) is 7.66. The third kappa shape index (κ3) is 4.03. The second-order valence-corrected chi connectivity index (χ2v) is 5.97. The zero-order chi connectivity index (χ0) is 21.4. The highest BCUT2D eigenvalue weighted by molar-refractivity contribution is 6.32. The molecule has 0 radical (unpaired) electrons. The predicted octanol–water partition coefficient (Wildman–Crippen LogP) is 2.29. The number of nitrogens with zero attached hydrogens (tertiary/aromatic N) is 2. The van der Waals surface area contributed by atoms with E-state index in [0.29, 0.717) is 6.07 Å². The van der Waals surface area contributed by atoms with Crippen LogP contribution in [0.1, 0.15) is 12.6 Å². The minimum atomic E-state index is -4.96. The summed E-state index contributed by atoms with van der Waals surface area (Å²) in [4.78, 5) is 35.9. The maximum Gasteiger partial charge on any atom is 0.431 e. The SMILES string of the molecule is COC(=O)C(C)Oc1cc(-n2c(=O)cc(C(F)(F)F)n(C)c2=O)c(F)cc1Cl. The molecule has 152 valence electrons. The van der Waals surface area contributed by atoms with E-state index in [1.165, 1.54) is 6.92 Å². The highest BCUT2D eigenvalue weighted by Crippen LogP contribution is 2.30. The molecule has 2 rings (SSSR count). The number of hydrogen-bond donors (Lipinski definition) is 0. The Balaban J connectivity index is 2.68. The molecule has 1 atom stereocenters. The van der Waals surface area contributed by atoms with Gasteiger partial charge in [0.05, 0.1) is 17.8 Å². The molecule has 0 fully saturated rings. The van der Waals surface area contributed by atoms with E-state index in [1.54, 1.807) is 0 Å². The summed E-state index contributed by atoms with van der Waals surface area (Å²) in [6.07, 6.45) is -6.14. The van der Waals surface area contributed by atoms with Gasteiger partial charge in [0.15, 0.2) is 6.10 Å². The van der Waals surface area contributed by atoms with E-state index >= 15 is 0 Å². The smallest absolute Gasteiger partial charge is 0.431 e. The van der Waals surface area contributed by atoms with Gasteiger partial charge in [-0.05, 0) is 13.0 Å². The summed E-state index contributed by atoms with van der Waals surface area (Å²) in [5.74, 6) is -2.24. The van der Waals surface area contributed by atoms with Gasteiger partial charge >= 0.3 is 17.8 Å². The van der Waals surface area contributed by atoms with Crippen molar-refractivity contribution in [3.8, 4) is 11.4 Å². The Labute approximate surface area is 159 Å². The molecule has 28 heavy (non-hydrogen) atoms. The topological polar surface area (TPSA) is 79.5 Å². The lowest BCUT2D eigenvalue weighted by Crippen LogP contribution is -2.41. The molecule has 0 bridgehead atoms. The minimum Gasteiger partial charge on any atom is -0.477 e. The van der Waals surface area contributed by atoms with Crippen molar-refractivity contribution in [2.24, 2.45) is 7.05 Å². The number of hydrogen-bond acceptors (Lipinski definition) is 5. The number of aromatic nitrogens is 2. The van der Waals surface area contributed by atoms with Crippen LogP contribution in [0.3, 0.4) is 0 Å². The van der Waals surface area contributed by atoms with Crippen molar-refractivity contribution in [3.05, 3.63) is 55.6 Å². The van der Waals surface area contributed by atoms with Crippen LogP contribution >= 0.6 is 11.6 Å². The fourth-order valence-corrected chi connectivity index (χ4v) is 2.50. The van der Waals surface area contributed by atoms with E-state index in [2.05, 4.69) is 4.74 Å². The molecule has 0 saturated heterocycles. The van der Waals surface area contributed by atoms with Gasteiger partial charge in [-0.25, -0.2) is 18.5 Å². The summed E-state index contributed by atoms with van der Waals surface area (Å²) in [6, 6.07) is 1.68. The maximum absolute atomic E-state index is 14.3. The zero-order valence-corrected chi connectivity index (χ0v) is 15.4. The standard InChI is InChI=1S/C16H13ClF4N2O5/c1-7(14(25)27-3)28-11-5-10(9(18)4-8(11)17)23-13(24)6-12(16(19,20)21)22(2)15(23)26/h4-7H,1-3H3. The van der Waals surface area contributed by atoms with Crippen LogP contribution in [0.25, 0.3) is 5.69 Å². The zero-order valence-electron chi connectivity index (χ0n) is 14.6. The first-order chi connectivity index (χ1) is 12.9. The van der Waals surface area contributed by atoms with Crippen LogP contribution in [0.2, 0.25) is 5.02 Å². The van der Waals surface area contributed by atoms with Gasteiger partial charge in [-0.3, -0.25) is 9.36 Å². The summed E-state index contributed by atoms with van der Waals surface area (Å²) >= 11 is 5.84. The molecular weight excluding hydrogens is 412 g/mol. The number of alkyl halides is 3. The Morgan fingerprint density at radius 2 is 1.82 bits per heavy atom. The number of halogens is 5. The van der Waals surface area contributed by atoms with E-state index in [9.17, 15) is 31.9 Å². The number of rotatable bonds is 4. The lowest BCUT2D eigenvalue weighted by molar-refractivity contribution is -0.148. The first kappa shape index (κ1) is 21.5. The number of benzene rings is 1. The number of ether oxygens (including phenoxy) is 2. The van der Waals surface area contributed by atoms with Crippen molar-refractivity contribution in [3.63, 3.8) is 0 Å². The van der Waals surface area contributed by atoms with Gasteiger partial charge in [0.25, 0.3) is 5.56 Å². The molecule has 1 unspecified atom stereocenters. The van der Waals surface area contributed by atoms with Crippen molar-refractivity contribution >= 4 is 17.6 Å². The van der Waals surface area contributed by atoms with Gasteiger partial charge in [-0.2, -0.15) is 13.2 Å². The Kier molecular flexibility index (Phi) is 5.88. The Bertz CT molecular complexity index is 1050. The Morgan fingerprint density at radius 3 is 2.36 bits per heavy atom. The van der Waals surface area contributed by atoms with Crippen LogP contribution in [-0.4, -0.2) is 28.3 Å². The molecule has 12 heteroatoms. The molecule has 0 aliphatic rings. The molecule has 0 spiro atoms. The van der Waals surface area contributed by atoms with Gasteiger partial charge in [-0.15, -0.1) is 0 Å². The van der Waals surface area contributed by atoms with Crippen LogP contribution < -0.4 is 16.0 Å². The summed E-state index contributed by atoms with van der Waals surface area (Å²) in [6.45, 7) is 1.30. The molecule has 0 aliphatic heterocycles. The molecule has 1 aromatic carbocycles. The molecular formula is C16H13ClF4N2O5. The first-order valence-corrected chi connectivity index (χ1v) is 7.90. The highest BCUT2D eigenvalue weighted by Gasteiger charge is 2.35. The number of carbonyl (C=O) groups is 1. The number of carbonyl (C=O) groups excluding carboxylic acids is 1. The number of esters is 1. The third-order valence-electron chi connectivity index (χ3n) is 3.69. The van der Waals surface area contributed by atoms with Gasteiger partial charge in [0, 0.05) is 19.2 Å². The molecule has 7 nitrogen and oxygen atoms in total. The quantitative estimate of drug-likeness (QED) is 0.556. The Morgan fingerprint density at radius 1 is 1.21 bits per heavy atom. The molecule has 0 aliphatic carbocycles. The highest BCUT2D eigenvalue weighted by atomic mass is 35.5. The Hall–Kier alpha value is -2.82. The lowest BCUT2D eigenvalue weighted by atomic mass is 10.2. The van der Waals surface area contributed by atoms with Gasteiger partial charge < -0.3 is 9.47 Å². The minimum absolute atomic E-state index is 0.160. The summed E-state index contributed by atoms with van der Waals surface area (Å²) < 4.78 is 63.2. The van der Waals surface area contributed by atoms with Crippen molar-refractivity contribution in [1.82, 2.24) is 9.13 Å². The van der Waals surface area contributed by atoms with E-state index in [-0.39, 0.29) is 26.0 Å². The lowest BCUT2D eigenvalue weighted by Gasteiger charge is -2.17. The fourth-order valence-electron chi connectivity index (χ4n) is 2.30. The average molecular weight is 425 g/mol. The molecule has 0 saturated carbocycles.